The highest BCUT2D eigenvalue weighted by Gasteiger charge is 2.28. The zero-order valence-corrected chi connectivity index (χ0v) is 12.2. The molecule has 2 aromatic rings. The summed E-state index contributed by atoms with van der Waals surface area (Å²) >= 11 is 0. The van der Waals surface area contributed by atoms with E-state index >= 15 is 0 Å². The summed E-state index contributed by atoms with van der Waals surface area (Å²) in [7, 11) is 2.18. The summed E-state index contributed by atoms with van der Waals surface area (Å²) in [5, 5.41) is 3.45. The van der Waals surface area contributed by atoms with Crippen LogP contribution < -0.4 is 5.32 Å². The number of nitrogens with zero attached hydrogens (tertiary/aromatic N) is 2. The van der Waals surface area contributed by atoms with Crippen molar-refractivity contribution in [3.63, 3.8) is 0 Å². The molecule has 1 N–H and O–H groups in total. The minimum Gasteiger partial charge on any atom is -0.331 e. The molecule has 3 heteroatoms. The zero-order chi connectivity index (χ0) is 13.5. The van der Waals surface area contributed by atoms with Gasteiger partial charge in [0.1, 0.15) is 5.82 Å². The molecule has 20 heavy (non-hydrogen) atoms. The van der Waals surface area contributed by atoms with E-state index in [-0.39, 0.29) is 0 Å². The van der Waals surface area contributed by atoms with Crippen molar-refractivity contribution in [3.05, 3.63) is 29.6 Å². The van der Waals surface area contributed by atoms with Gasteiger partial charge in [0.15, 0.2) is 0 Å². The second-order valence-corrected chi connectivity index (χ2v) is 6.52. The van der Waals surface area contributed by atoms with Crippen molar-refractivity contribution in [2.24, 2.45) is 13.0 Å². The first kappa shape index (κ1) is 12.4. The van der Waals surface area contributed by atoms with Crippen LogP contribution in [0.2, 0.25) is 0 Å². The van der Waals surface area contributed by atoms with E-state index in [1.54, 1.807) is 0 Å². The normalized spacial score (nSPS) is 20.6. The van der Waals surface area contributed by atoms with Gasteiger partial charge in [0.05, 0.1) is 11.0 Å². The van der Waals surface area contributed by atoms with Crippen LogP contribution in [0.15, 0.2) is 18.2 Å². The Balaban J connectivity index is 1.62. The van der Waals surface area contributed by atoms with Crippen molar-refractivity contribution in [1.29, 1.82) is 0 Å². The van der Waals surface area contributed by atoms with Gasteiger partial charge < -0.3 is 9.88 Å². The van der Waals surface area contributed by atoms with E-state index in [9.17, 15) is 0 Å². The maximum Gasteiger partial charge on any atom is 0.112 e. The number of rotatable bonds is 3. The molecule has 2 fully saturated rings. The number of imidazole rings is 1. The first-order valence-electron chi connectivity index (χ1n) is 7.97. The van der Waals surface area contributed by atoms with Gasteiger partial charge in [-0.2, -0.15) is 0 Å². The zero-order valence-electron chi connectivity index (χ0n) is 12.2. The SMILES string of the molecule is Cn1c(C2CC2)nc2ccc(CC3CCNCC3)cc21. The quantitative estimate of drug-likeness (QED) is 0.928. The molecule has 1 saturated carbocycles. The van der Waals surface area contributed by atoms with Crippen LogP contribution in [0.3, 0.4) is 0 Å². The van der Waals surface area contributed by atoms with Crippen molar-refractivity contribution >= 4 is 11.0 Å². The van der Waals surface area contributed by atoms with Gasteiger partial charge in [-0.05, 0) is 68.8 Å². The van der Waals surface area contributed by atoms with Crippen LogP contribution in [0, 0.1) is 5.92 Å². The Bertz CT molecular complexity index is 618. The minimum atomic E-state index is 0.722. The Morgan fingerprint density at radius 3 is 2.75 bits per heavy atom. The Kier molecular flexibility index (Phi) is 3.03. The molecule has 0 bridgehead atoms. The Morgan fingerprint density at radius 1 is 1.20 bits per heavy atom. The summed E-state index contributed by atoms with van der Waals surface area (Å²) in [5.74, 6) is 2.86. The lowest BCUT2D eigenvalue weighted by Gasteiger charge is -2.22. The summed E-state index contributed by atoms with van der Waals surface area (Å²) in [6.45, 7) is 2.37. The summed E-state index contributed by atoms with van der Waals surface area (Å²) in [4.78, 5) is 4.82. The van der Waals surface area contributed by atoms with E-state index in [1.807, 2.05) is 0 Å². The highest BCUT2D eigenvalue weighted by molar-refractivity contribution is 5.77. The molecule has 1 saturated heterocycles. The largest absolute Gasteiger partial charge is 0.331 e. The number of piperidine rings is 1. The average Bonchev–Trinajstić information content (AvgIpc) is 3.26. The van der Waals surface area contributed by atoms with Gasteiger partial charge in [-0.25, -0.2) is 4.98 Å². The molecule has 2 aliphatic rings. The molecule has 0 atom stereocenters. The van der Waals surface area contributed by atoms with Crippen molar-refractivity contribution in [3.8, 4) is 0 Å². The highest BCUT2D eigenvalue weighted by Crippen LogP contribution is 2.40. The summed E-state index contributed by atoms with van der Waals surface area (Å²) in [5.41, 5.74) is 3.97. The van der Waals surface area contributed by atoms with Crippen molar-refractivity contribution in [2.75, 3.05) is 13.1 Å². The molecule has 3 nitrogen and oxygen atoms in total. The van der Waals surface area contributed by atoms with Crippen LogP contribution in [-0.2, 0) is 13.5 Å². The van der Waals surface area contributed by atoms with Crippen LogP contribution in [0.1, 0.15) is 43.0 Å². The average molecular weight is 269 g/mol. The van der Waals surface area contributed by atoms with Crippen LogP contribution in [-0.4, -0.2) is 22.6 Å². The molecule has 0 spiro atoms. The number of aromatic nitrogens is 2. The van der Waals surface area contributed by atoms with Crippen molar-refractivity contribution in [1.82, 2.24) is 14.9 Å². The molecular weight excluding hydrogens is 246 g/mol. The number of nitrogens with one attached hydrogen (secondary N) is 1. The van der Waals surface area contributed by atoms with Gasteiger partial charge in [0.2, 0.25) is 0 Å². The second kappa shape index (κ2) is 4.88. The maximum atomic E-state index is 4.82. The van der Waals surface area contributed by atoms with Gasteiger partial charge in [0, 0.05) is 13.0 Å². The first-order chi connectivity index (χ1) is 9.81. The monoisotopic (exact) mass is 269 g/mol. The van der Waals surface area contributed by atoms with Gasteiger partial charge in [-0.15, -0.1) is 0 Å². The first-order valence-corrected chi connectivity index (χ1v) is 7.97. The number of benzene rings is 1. The maximum absolute atomic E-state index is 4.82. The van der Waals surface area contributed by atoms with Gasteiger partial charge in [-0.1, -0.05) is 6.07 Å². The Hall–Kier alpha value is -1.35. The Morgan fingerprint density at radius 2 is 2.00 bits per heavy atom. The predicted molar refractivity (Wildman–Crippen MR) is 82.0 cm³/mol. The lowest BCUT2D eigenvalue weighted by molar-refractivity contribution is 0.373. The molecule has 0 radical (unpaired) electrons. The number of fused-ring (bicyclic) bond motifs is 1. The molecule has 0 unspecified atom stereocenters. The van der Waals surface area contributed by atoms with Crippen LogP contribution >= 0.6 is 0 Å². The molecule has 1 aliphatic heterocycles. The summed E-state index contributed by atoms with van der Waals surface area (Å²) < 4.78 is 2.32. The highest BCUT2D eigenvalue weighted by atomic mass is 15.1. The van der Waals surface area contributed by atoms with E-state index in [4.69, 9.17) is 4.98 Å². The smallest absolute Gasteiger partial charge is 0.112 e. The van der Waals surface area contributed by atoms with Crippen LogP contribution in [0.4, 0.5) is 0 Å². The Labute approximate surface area is 120 Å². The summed E-state index contributed by atoms with van der Waals surface area (Å²) in [6, 6.07) is 6.88. The molecule has 0 amide bonds. The molecule has 106 valence electrons. The topological polar surface area (TPSA) is 29.9 Å². The van der Waals surface area contributed by atoms with E-state index in [0.717, 1.165) is 11.8 Å². The van der Waals surface area contributed by atoms with Crippen molar-refractivity contribution in [2.45, 2.75) is 38.0 Å². The number of hydrogen-bond acceptors (Lipinski definition) is 2. The third-order valence-corrected chi connectivity index (χ3v) is 4.91. The standard InChI is InChI=1S/C17H23N3/c1-20-16-11-13(10-12-6-8-18-9-7-12)2-5-15(16)19-17(20)14-3-4-14/h2,5,11-12,14,18H,3-4,6-10H2,1H3. The lowest BCUT2D eigenvalue weighted by Crippen LogP contribution is -2.28. The van der Waals surface area contributed by atoms with Gasteiger partial charge >= 0.3 is 0 Å². The number of aryl methyl sites for hydroxylation is 1. The third-order valence-electron chi connectivity index (χ3n) is 4.91. The summed E-state index contributed by atoms with van der Waals surface area (Å²) in [6.07, 6.45) is 6.49. The third kappa shape index (κ3) is 2.24. The fraction of sp³-hybridized carbons (Fsp3) is 0.588. The molecular formula is C17H23N3. The van der Waals surface area contributed by atoms with Gasteiger partial charge in [0.25, 0.3) is 0 Å². The molecule has 1 aromatic carbocycles. The molecule has 4 rings (SSSR count). The number of hydrogen-bond donors (Lipinski definition) is 1. The van der Waals surface area contributed by atoms with Crippen LogP contribution in [0.25, 0.3) is 11.0 Å². The van der Waals surface area contributed by atoms with E-state index in [1.165, 1.54) is 67.6 Å². The lowest BCUT2D eigenvalue weighted by atomic mass is 9.91. The second-order valence-electron chi connectivity index (χ2n) is 6.52. The molecule has 1 aliphatic carbocycles. The molecule has 2 heterocycles. The van der Waals surface area contributed by atoms with Crippen molar-refractivity contribution < 1.29 is 0 Å². The molecule has 1 aromatic heterocycles. The fourth-order valence-corrected chi connectivity index (χ4v) is 3.51. The minimum absolute atomic E-state index is 0.722. The fourth-order valence-electron chi connectivity index (χ4n) is 3.51. The van der Waals surface area contributed by atoms with E-state index in [0.29, 0.717) is 0 Å². The van der Waals surface area contributed by atoms with Crippen LogP contribution in [0.5, 0.6) is 0 Å². The predicted octanol–water partition coefficient (Wildman–Crippen LogP) is 2.99. The van der Waals surface area contributed by atoms with E-state index in [2.05, 4.69) is 35.1 Å². The van der Waals surface area contributed by atoms with E-state index < -0.39 is 0 Å². The van der Waals surface area contributed by atoms with Gasteiger partial charge in [-0.3, -0.25) is 0 Å².